The summed E-state index contributed by atoms with van der Waals surface area (Å²) in [5.74, 6) is -1.93. The number of nitrogens with one attached hydrogen (secondary N) is 1. The van der Waals surface area contributed by atoms with Gasteiger partial charge in [-0.3, -0.25) is 9.69 Å². The number of rotatable bonds is 7. The first kappa shape index (κ1) is 22.0. The fourth-order valence-electron chi connectivity index (χ4n) is 3.84. The number of aliphatic hydroxyl groups is 1. The van der Waals surface area contributed by atoms with Crippen molar-refractivity contribution < 1.29 is 18.7 Å². The molecule has 1 saturated heterocycles. The number of hydrogen-bond acceptors (Lipinski definition) is 5. The van der Waals surface area contributed by atoms with Gasteiger partial charge in [0.1, 0.15) is 11.6 Å². The lowest BCUT2D eigenvalue weighted by Crippen LogP contribution is -2.46. The van der Waals surface area contributed by atoms with Crippen molar-refractivity contribution in [2.24, 2.45) is 0 Å². The van der Waals surface area contributed by atoms with E-state index in [1.165, 1.54) is 22.5 Å². The Balaban J connectivity index is 1.28. The molecule has 1 aromatic heterocycles. The number of halogens is 2. The molecule has 2 N–H and O–H groups in total. The molecule has 0 bridgehead atoms. The predicted molar refractivity (Wildman–Crippen MR) is 113 cm³/mol. The Morgan fingerprint density at radius 2 is 1.88 bits per heavy atom. The number of benzene rings is 2. The van der Waals surface area contributed by atoms with Gasteiger partial charge in [0.15, 0.2) is 5.69 Å². The van der Waals surface area contributed by atoms with Crippen LogP contribution in [-0.2, 0) is 19.6 Å². The molecule has 1 aliphatic rings. The SMILES string of the molecule is O=C(NCc1ccc(F)cc1F)c1cn(CC2(O)CCN(Cc3ccccc3)CC2)nn1. The van der Waals surface area contributed by atoms with Gasteiger partial charge in [-0.1, -0.05) is 41.6 Å². The van der Waals surface area contributed by atoms with E-state index < -0.39 is 23.1 Å². The van der Waals surface area contributed by atoms with Crippen molar-refractivity contribution in [3.63, 3.8) is 0 Å². The maximum atomic E-state index is 13.7. The third-order valence-corrected chi connectivity index (χ3v) is 5.72. The quantitative estimate of drug-likeness (QED) is 0.589. The fourth-order valence-corrected chi connectivity index (χ4v) is 3.84. The van der Waals surface area contributed by atoms with E-state index in [4.69, 9.17) is 0 Å². The molecule has 1 fully saturated rings. The zero-order valence-electron chi connectivity index (χ0n) is 17.5. The Kier molecular flexibility index (Phi) is 6.57. The molecule has 0 saturated carbocycles. The molecule has 2 heterocycles. The van der Waals surface area contributed by atoms with Gasteiger partial charge in [0, 0.05) is 37.8 Å². The summed E-state index contributed by atoms with van der Waals surface area (Å²) in [4.78, 5) is 14.6. The van der Waals surface area contributed by atoms with E-state index in [0.29, 0.717) is 12.8 Å². The maximum Gasteiger partial charge on any atom is 0.273 e. The van der Waals surface area contributed by atoms with Crippen molar-refractivity contribution >= 4 is 5.91 Å². The van der Waals surface area contributed by atoms with Crippen LogP contribution >= 0.6 is 0 Å². The number of carbonyl (C=O) groups excluding carboxylic acids is 1. The lowest BCUT2D eigenvalue weighted by atomic mass is 9.91. The summed E-state index contributed by atoms with van der Waals surface area (Å²) in [5.41, 5.74) is 0.554. The highest BCUT2D eigenvalue weighted by Crippen LogP contribution is 2.25. The van der Waals surface area contributed by atoms with Crippen molar-refractivity contribution in [3.8, 4) is 0 Å². The first-order valence-electron chi connectivity index (χ1n) is 10.5. The third-order valence-electron chi connectivity index (χ3n) is 5.72. The van der Waals surface area contributed by atoms with E-state index in [1.807, 2.05) is 18.2 Å². The second kappa shape index (κ2) is 9.54. The highest BCUT2D eigenvalue weighted by molar-refractivity contribution is 5.91. The molecule has 0 atom stereocenters. The molecule has 32 heavy (non-hydrogen) atoms. The zero-order chi connectivity index (χ0) is 22.6. The predicted octanol–water partition coefficient (Wildman–Crippen LogP) is 2.51. The van der Waals surface area contributed by atoms with Crippen molar-refractivity contribution in [2.45, 2.75) is 38.1 Å². The first-order chi connectivity index (χ1) is 15.4. The molecule has 1 aliphatic heterocycles. The molecule has 4 rings (SSSR count). The van der Waals surface area contributed by atoms with Gasteiger partial charge >= 0.3 is 0 Å². The zero-order valence-corrected chi connectivity index (χ0v) is 17.5. The number of carbonyl (C=O) groups is 1. The summed E-state index contributed by atoms with van der Waals surface area (Å²) in [7, 11) is 0. The summed E-state index contributed by atoms with van der Waals surface area (Å²) in [6.07, 6.45) is 2.64. The molecule has 0 spiro atoms. The Morgan fingerprint density at radius 3 is 2.59 bits per heavy atom. The van der Waals surface area contributed by atoms with Gasteiger partial charge in [-0.25, -0.2) is 13.5 Å². The minimum Gasteiger partial charge on any atom is -0.388 e. The summed E-state index contributed by atoms with van der Waals surface area (Å²) in [6.45, 7) is 2.50. The second-order valence-electron chi connectivity index (χ2n) is 8.21. The van der Waals surface area contributed by atoms with Gasteiger partial charge in [0.05, 0.1) is 18.3 Å². The van der Waals surface area contributed by atoms with Crippen molar-refractivity contribution in [2.75, 3.05) is 13.1 Å². The average Bonchev–Trinajstić information content (AvgIpc) is 3.23. The molecule has 0 unspecified atom stereocenters. The van der Waals surface area contributed by atoms with Gasteiger partial charge in [0.2, 0.25) is 0 Å². The number of aromatic nitrogens is 3. The molecule has 1 amide bonds. The monoisotopic (exact) mass is 441 g/mol. The van der Waals surface area contributed by atoms with Gasteiger partial charge < -0.3 is 10.4 Å². The number of nitrogens with zero attached hydrogens (tertiary/aromatic N) is 4. The Labute approximate surface area is 184 Å². The van der Waals surface area contributed by atoms with E-state index in [9.17, 15) is 18.7 Å². The highest BCUT2D eigenvalue weighted by Gasteiger charge is 2.33. The van der Waals surface area contributed by atoms with Gasteiger partial charge in [-0.15, -0.1) is 5.10 Å². The minimum absolute atomic E-state index is 0.0673. The summed E-state index contributed by atoms with van der Waals surface area (Å²) >= 11 is 0. The first-order valence-corrected chi connectivity index (χ1v) is 10.5. The van der Waals surface area contributed by atoms with E-state index in [1.54, 1.807) is 0 Å². The summed E-state index contributed by atoms with van der Waals surface area (Å²) < 4.78 is 28.1. The van der Waals surface area contributed by atoms with Crippen LogP contribution in [-0.4, -0.2) is 49.6 Å². The van der Waals surface area contributed by atoms with Crippen molar-refractivity contribution in [3.05, 3.63) is 83.2 Å². The van der Waals surface area contributed by atoms with Crippen LogP contribution in [0.4, 0.5) is 8.78 Å². The van der Waals surface area contributed by atoms with E-state index in [-0.39, 0.29) is 24.3 Å². The standard InChI is InChI=1S/C23H25F2N5O2/c24-19-7-6-18(20(25)12-19)13-26-22(31)21-15-30(28-27-21)16-23(32)8-10-29(11-9-23)14-17-4-2-1-3-5-17/h1-7,12,15,32H,8-11,13-14,16H2,(H,26,31). The minimum atomic E-state index is -0.925. The Hall–Kier alpha value is -3.17. The number of amides is 1. The molecule has 7 nitrogen and oxygen atoms in total. The van der Waals surface area contributed by atoms with Crippen LogP contribution in [0.15, 0.2) is 54.7 Å². The van der Waals surface area contributed by atoms with E-state index in [2.05, 4.69) is 32.7 Å². The maximum absolute atomic E-state index is 13.7. The average molecular weight is 441 g/mol. The van der Waals surface area contributed by atoms with E-state index >= 15 is 0 Å². The van der Waals surface area contributed by atoms with Crippen LogP contribution in [0.1, 0.15) is 34.5 Å². The van der Waals surface area contributed by atoms with Crippen molar-refractivity contribution in [1.82, 2.24) is 25.2 Å². The van der Waals surface area contributed by atoms with Crippen LogP contribution < -0.4 is 5.32 Å². The normalized spacial score (nSPS) is 16.1. The lowest BCUT2D eigenvalue weighted by Gasteiger charge is -2.38. The molecular weight excluding hydrogens is 416 g/mol. The molecular formula is C23H25F2N5O2. The highest BCUT2D eigenvalue weighted by atomic mass is 19.1. The molecule has 0 radical (unpaired) electrons. The summed E-state index contributed by atoms with van der Waals surface area (Å²) in [6, 6.07) is 13.4. The summed E-state index contributed by atoms with van der Waals surface area (Å²) in [5, 5.41) is 21.3. The molecule has 0 aliphatic carbocycles. The smallest absolute Gasteiger partial charge is 0.273 e. The van der Waals surface area contributed by atoms with Gasteiger partial charge in [-0.2, -0.15) is 0 Å². The Morgan fingerprint density at radius 1 is 1.12 bits per heavy atom. The van der Waals surface area contributed by atoms with Crippen LogP contribution in [0.5, 0.6) is 0 Å². The van der Waals surface area contributed by atoms with Crippen LogP contribution in [0.25, 0.3) is 0 Å². The topological polar surface area (TPSA) is 83.3 Å². The largest absolute Gasteiger partial charge is 0.388 e. The van der Waals surface area contributed by atoms with Crippen molar-refractivity contribution in [1.29, 1.82) is 0 Å². The Bertz CT molecular complexity index is 1070. The third kappa shape index (κ3) is 5.54. The van der Waals surface area contributed by atoms with Gasteiger partial charge in [0.25, 0.3) is 5.91 Å². The van der Waals surface area contributed by atoms with Crippen LogP contribution in [0.2, 0.25) is 0 Å². The second-order valence-corrected chi connectivity index (χ2v) is 8.21. The fraction of sp³-hybridized carbons (Fsp3) is 0.348. The number of hydrogen-bond donors (Lipinski definition) is 2. The van der Waals surface area contributed by atoms with E-state index in [0.717, 1.165) is 31.8 Å². The molecule has 9 heteroatoms. The van der Waals surface area contributed by atoms with Crippen LogP contribution in [0, 0.1) is 11.6 Å². The molecule has 3 aromatic rings. The van der Waals surface area contributed by atoms with Crippen LogP contribution in [0.3, 0.4) is 0 Å². The number of piperidine rings is 1. The molecule has 168 valence electrons. The van der Waals surface area contributed by atoms with Gasteiger partial charge in [-0.05, 0) is 24.5 Å². The number of likely N-dealkylation sites (tertiary alicyclic amines) is 1. The molecule has 2 aromatic carbocycles. The lowest BCUT2D eigenvalue weighted by molar-refractivity contribution is -0.0383.